The molecule has 0 spiro atoms. The highest BCUT2D eigenvalue weighted by Crippen LogP contribution is 2.55. The maximum Gasteiger partial charge on any atom is 0.133 e. The number of hydrogen-bond acceptors (Lipinski definition) is 3. The van der Waals surface area contributed by atoms with Gasteiger partial charge in [0.05, 0.1) is 7.11 Å². The molecule has 1 saturated carbocycles. The van der Waals surface area contributed by atoms with E-state index in [1.807, 2.05) is 0 Å². The van der Waals surface area contributed by atoms with Crippen molar-refractivity contribution >= 4 is 5.78 Å². The van der Waals surface area contributed by atoms with Gasteiger partial charge in [-0.2, -0.15) is 0 Å². The molecular formula is C18H23NO2. The van der Waals surface area contributed by atoms with Crippen LogP contribution in [-0.2, 0) is 16.6 Å². The van der Waals surface area contributed by atoms with E-state index in [0.717, 1.165) is 38.0 Å². The molecule has 3 heteroatoms. The molecule has 3 nitrogen and oxygen atoms in total. The number of methoxy groups -OCH3 is 1. The third-order valence-electron chi connectivity index (χ3n) is 6.23. The highest BCUT2D eigenvalue weighted by Gasteiger charge is 2.54. The molecule has 2 fully saturated rings. The van der Waals surface area contributed by atoms with Crippen LogP contribution >= 0.6 is 0 Å². The Morgan fingerprint density at radius 3 is 2.95 bits per heavy atom. The molecule has 1 aliphatic heterocycles. The number of nitrogens with zero attached hydrogens (tertiary/aromatic N) is 1. The number of ketones is 1. The topological polar surface area (TPSA) is 29.5 Å². The van der Waals surface area contributed by atoms with Crippen molar-refractivity contribution in [1.82, 2.24) is 4.90 Å². The van der Waals surface area contributed by atoms with Crippen LogP contribution in [0.4, 0.5) is 0 Å². The van der Waals surface area contributed by atoms with Crippen LogP contribution in [0.15, 0.2) is 18.2 Å². The molecule has 0 radical (unpaired) electrons. The molecule has 3 aliphatic rings. The molecule has 2 bridgehead atoms. The third kappa shape index (κ3) is 1.80. The van der Waals surface area contributed by atoms with Crippen LogP contribution in [0.2, 0.25) is 0 Å². The molecule has 0 aromatic heterocycles. The first-order valence-corrected chi connectivity index (χ1v) is 8.03. The predicted molar refractivity (Wildman–Crippen MR) is 81.8 cm³/mol. The molecule has 4 rings (SSSR count). The summed E-state index contributed by atoms with van der Waals surface area (Å²) in [5.74, 6) is 1.91. The zero-order chi connectivity index (χ0) is 14.6. The van der Waals surface area contributed by atoms with Crippen molar-refractivity contribution in [3.8, 4) is 5.75 Å². The van der Waals surface area contributed by atoms with E-state index in [1.54, 1.807) is 7.11 Å². The van der Waals surface area contributed by atoms with Gasteiger partial charge in [0.2, 0.25) is 0 Å². The third-order valence-corrected chi connectivity index (χ3v) is 6.23. The zero-order valence-electron chi connectivity index (χ0n) is 12.9. The summed E-state index contributed by atoms with van der Waals surface area (Å²) in [7, 11) is 3.96. The summed E-state index contributed by atoms with van der Waals surface area (Å²) in [5.41, 5.74) is 3.16. The fourth-order valence-electron chi connectivity index (χ4n) is 5.07. The van der Waals surface area contributed by atoms with Crippen molar-refractivity contribution in [3.05, 3.63) is 29.3 Å². The van der Waals surface area contributed by atoms with Gasteiger partial charge in [-0.1, -0.05) is 6.07 Å². The Labute approximate surface area is 126 Å². The first-order valence-electron chi connectivity index (χ1n) is 8.03. The standard InChI is InChI=1S/C18H23NO2/c1-19-8-7-18-6-5-13(20)10-16(18)17(19)9-12-3-4-14(21-2)11-15(12)18/h3-4,11,16-17H,5-10H2,1-2H3/t16-,17+,18-/m0/s1. The van der Waals surface area contributed by atoms with Crippen LogP contribution < -0.4 is 4.74 Å². The Hall–Kier alpha value is -1.35. The van der Waals surface area contributed by atoms with E-state index < -0.39 is 0 Å². The second-order valence-electron chi connectivity index (χ2n) is 7.03. The van der Waals surface area contributed by atoms with Gasteiger partial charge in [-0.25, -0.2) is 0 Å². The number of likely N-dealkylation sites (N-methyl/N-ethyl adjacent to an activating group) is 1. The summed E-state index contributed by atoms with van der Waals surface area (Å²) in [6.45, 7) is 1.14. The summed E-state index contributed by atoms with van der Waals surface area (Å²) < 4.78 is 5.46. The van der Waals surface area contributed by atoms with Crippen molar-refractivity contribution in [2.24, 2.45) is 5.92 Å². The lowest BCUT2D eigenvalue weighted by Gasteiger charge is -2.58. The predicted octanol–water partition coefficient (Wildman–Crippen LogP) is 2.56. The lowest BCUT2D eigenvalue weighted by molar-refractivity contribution is -0.127. The first kappa shape index (κ1) is 13.3. The minimum Gasteiger partial charge on any atom is -0.497 e. The summed E-state index contributed by atoms with van der Waals surface area (Å²) in [4.78, 5) is 14.5. The van der Waals surface area contributed by atoms with E-state index in [2.05, 4.69) is 30.1 Å². The van der Waals surface area contributed by atoms with Crippen LogP contribution in [-0.4, -0.2) is 37.4 Å². The normalized spacial score (nSPS) is 35.0. The van der Waals surface area contributed by atoms with Gasteiger partial charge in [0.15, 0.2) is 0 Å². The Balaban J connectivity index is 1.88. The van der Waals surface area contributed by atoms with Gasteiger partial charge in [0.25, 0.3) is 0 Å². The molecule has 2 aliphatic carbocycles. The summed E-state index contributed by atoms with van der Waals surface area (Å²) >= 11 is 0. The summed E-state index contributed by atoms with van der Waals surface area (Å²) in [5, 5.41) is 0. The molecule has 0 unspecified atom stereocenters. The summed E-state index contributed by atoms with van der Waals surface area (Å²) in [6, 6.07) is 7.11. The number of hydrogen-bond donors (Lipinski definition) is 0. The number of piperidine rings is 1. The fraction of sp³-hybridized carbons (Fsp3) is 0.611. The van der Waals surface area contributed by atoms with Crippen LogP contribution in [0.3, 0.4) is 0 Å². The second kappa shape index (κ2) is 4.57. The lowest BCUT2D eigenvalue weighted by Crippen LogP contribution is -2.60. The van der Waals surface area contributed by atoms with E-state index in [-0.39, 0.29) is 5.41 Å². The highest BCUT2D eigenvalue weighted by atomic mass is 16.5. The number of carbonyl (C=O) groups is 1. The molecule has 0 N–H and O–H groups in total. The van der Waals surface area contributed by atoms with Gasteiger partial charge in [0.1, 0.15) is 11.5 Å². The number of Topliss-reactive ketones (excluding diaryl/α,β-unsaturated/α-hetero) is 1. The average Bonchev–Trinajstić information content (AvgIpc) is 2.50. The fourth-order valence-corrected chi connectivity index (χ4v) is 5.07. The second-order valence-corrected chi connectivity index (χ2v) is 7.03. The average molecular weight is 285 g/mol. The van der Waals surface area contributed by atoms with Gasteiger partial charge in [-0.3, -0.25) is 4.79 Å². The smallest absolute Gasteiger partial charge is 0.133 e. The van der Waals surface area contributed by atoms with Gasteiger partial charge in [0, 0.05) is 24.3 Å². The van der Waals surface area contributed by atoms with E-state index in [4.69, 9.17) is 4.74 Å². The quantitative estimate of drug-likeness (QED) is 0.794. The number of rotatable bonds is 1. The van der Waals surface area contributed by atoms with E-state index in [0.29, 0.717) is 17.7 Å². The number of carbonyl (C=O) groups excluding carboxylic acids is 1. The van der Waals surface area contributed by atoms with E-state index in [1.165, 1.54) is 17.5 Å². The van der Waals surface area contributed by atoms with Crippen molar-refractivity contribution in [3.63, 3.8) is 0 Å². The number of fused-ring (bicyclic) bond motifs is 1. The molecule has 1 saturated heterocycles. The van der Waals surface area contributed by atoms with Crippen LogP contribution in [0, 0.1) is 5.92 Å². The largest absolute Gasteiger partial charge is 0.497 e. The number of ether oxygens (including phenoxy) is 1. The Morgan fingerprint density at radius 2 is 2.14 bits per heavy atom. The van der Waals surface area contributed by atoms with Crippen molar-refractivity contribution in [2.75, 3.05) is 20.7 Å². The zero-order valence-corrected chi connectivity index (χ0v) is 12.9. The van der Waals surface area contributed by atoms with Crippen LogP contribution in [0.1, 0.15) is 36.8 Å². The highest BCUT2D eigenvalue weighted by molar-refractivity contribution is 5.80. The molecule has 21 heavy (non-hydrogen) atoms. The Morgan fingerprint density at radius 1 is 1.29 bits per heavy atom. The first-order chi connectivity index (χ1) is 10.1. The minimum absolute atomic E-state index is 0.215. The molecule has 1 aromatic carbocycles. The Bertz CT molecular complexity index is 597. The molecular weight excluding hydrogens is 262 g/mol. The van der Waals surface area contributed by atoms with Gasteiger partial charge in [-0.05, 0) is 62.0 Å². The lowest BCUT2D eigenvalue weighted by atomic mass is 9.52. The van der Waals surface area contributed by atoms with Gasteiger partial charge in [-0.15, -0.1) is 0 Å². The van der Waals surface area contributed by atoms with Gasteiger partial charge >= 0.3 is 0 Å². The summed E-state index contributed by atoms with van der Waals surface area (Å²) in [6.07, 6.45) is 4.81. The number of benzene rings is 1. The maximum atomic E-state index is 12.0. The number of likely N-dealkylation sites (tertiary alicyclic amines) is 1. The van der Waals surface area contributed by atoms with Crippen molar-refractivity contribution in [1.29, 1.82) is 0 Å². The Kier molecular flexibility index (Phi) is 2.90. The SMILES string of the molecule is COc1ccc2c(c1)[C@@]13CCC(=O)C[C@H]1[C@@H](C2)N(C)CC3. The van der Waals surface area contributed by atoms with Crippen molar-refractivity contribution in [2.45, 2.75) is 43.6 Å². The van der Waals surface area contributed by atoms with Crippen LogP contribution in [0.25, 0.3) is 0 Å². The van der Waals surface area contributed by atoms with Crippen molar-refractivity contribution < 1.29 is 9.53 Å². The molecule has 3 atom stereocenters. The molecule has 0 amide bonds. The van der Waals surface area contributed by atoms with E-state index in [9.17, 15) is 4.79 Å². The van der Waals surface area contributed by atoms with E-state index >= 15 is 0 Å². The molecule has 112 valence electrons. The monoisotopic (exact) mass is 285 g/mol. The maximum absolute atomic E-state index is 12.0. The minimum atomic E-state index is 0.215. The molecule has 1 heterocycles. The van der Waals surface area contributed by atoms with Crippen LogP contribution in [0.5, 0.6) is 5.75 Å². The van der Waals surface area contributed by atoms with Gasteiger partial charge < -0.3 is 9.64 Å². The molecule has 1 aromatic rings.